The maximum atomic E-state index is 12.5. The van der Waals surface area contributed by atoms with Crippen molar-refractivity contribution in [2.45, 2.75) is 110 Å². The molecule has 0 amide bonds. The van der Waals surface area contributed by atoms with Crippen molar-refractivity contribution in [3.63, 3.8) is 0 Å². The molecule has 0 spiro atoms. The van der Waals surface area contributed by atoms with Gasteiger partial charge < -0.3 is 40.8 Å². The molecule has 0 unspecified atom stereocenters. The summed E-state index contributed by atoms with van der Waals surface area (Å²) in [7, 11) is -1.35. The van der Waals surface area contributed by atoms with E-state index in [1.807, 2.05) is 19.1 Å². The summed E-state index contributed by atoms with van der Waals surface area (Å²) in [4.78, 5) is 12.4. The van der Waals surface area contributed by atoms with Gasteiger partial charge in [-0.15, -0.1) is 31.4 Å². The zero-order chi connectivity index (χ0) is 56.1. The molecule has 0 radical (unpaired) electrons. The monoisotopic (exact) mass is 1220 g/mol. The van der Waals surface area contributed by atoms with Gasteiger partial charge in [-0.3, -0.25) is 0 Å². The van der Waals surface area contributed by atoms with Gasteiger partial charge in [-0.25, -0.2) is 28.5 Å². The Morgan fingerprint density at radius 2 is 1.05 bits per heavy atom. The first-order chi connectivity index (χ1) is 37.0. The van der Waals surface area contributed by atoms with Gasteiger partial charge in [0.05, 0.1) is 42.2 Å². The molecule has 2 fully saturated rings. The zero-order valence-corrected chi connectivity index (χ0v) is 44.4. The van der Waals surface area contributed by atoms with Crippen molar-refractivity contribution in [2.24, 2.45) is 5.73 Å². The number of benzene rings is 3. The van der Waals surface area contributed by atoms with E-state index in [1.54, 1.807) is 82.1 Å². The van der Waals surface area contributed by atoms with Crippen LogP contribution in [0.4, 0.5) is 32.2 Å². The molecule has 2 aliphatic rings. The number of aliphatic hydroxyl groups is 2. The van der Waals surface area contributed by atoms with Crippen LogP contribution in [0.25, 0.3) is 39.5 Å². The molecule has 6 heterocycles. The van der Waals surface area contributed by atoms with E-state index in [9.17, 15) is 31.4 Å². The summed E-state index contributed by atoms with van der Waals surface area (Å²) in [6.45, 7) is 1.91. The minimum absolute atomic E-state index is 0. The molecule has 9 aromatic rings. The Bertz CT molecular complexity index is 3370. The van der Waals surface area contributed by atoms with Crippen LogP contribution >= 0.6 is 39.1 Å². The third-order valence-electron chi connectivity index (χ3n) is 11.8. The molecule has 0 saturated heterocycles. The van der Waals surface area contributed by atoms with Crippen molar-refractivity contribution in [2.75, 3.05) is 5.32 Å². The molecule has 0 bridgehead atoms. The van der Waals surface area contributed by atoms with Crippen molar-refractivity contribution in [1.82, 2.24) is 43.8 Å². The van der Waals surface area contributed by atoms with Crippen LogP contribution < -0.4 is 26.0 Å². The molecule has 27 heteroatoms. The van der Waals surface area contributed by atoms with Gasteiger partial charge in [-0.1, -0.05) is 92.1 Å². The van der Waals surface area contributed by atoms with E-state index >= 15 is 0 Å². The van der Waals surface area contributed by atoms with E-state index in [0.29, 0.717) is 56.3 Å². The number of hydrogen-bond acceptors (Lipinski definition) is 14. The van der Waals surface area contributed by atoms with Crippen molar-refractivity contribution in [3.05, 3.63) is 148 Å². The Morgan fingerprint density at radius 1 is 0.600 bits per heavy atom. The number of aryl methyl sites for hydroxylation is 1. The summed E-state index contributed by atoms with van der Waals surface area (Å²) < 4.78 is 87.6. The van der Waals surface area contributed by atoms with E-state index < -0.39 is 19.8 Å². The van der Waals surface area contributed by atoms with Gasteiger partial charge in [0.1, 0.15) is 32.2 Å². The number of rotatable bonds is 7. The number of alkyl halides is 6. The van der Waals surface area contributed by atoms with Crippen molar-refractivity contribution in [1.29, 1.82) is 0 Å². The molecule has 80 heavy (non-hydrogen) atoms. The number of imidazole rings is 3. The summed E-state index contributed by atoms with van der Waals surface area (Å²) in [6.07, 6.45) is 1.99. The van der Waals surface area contributed by atoms with E-state index in [4.69, 9.17) is 44.1 Å². The zero-order valence-electron chi connectivity index (χ0n) is 41.3. The van der Waals surface area contributed by atoms with Crippen LogP contribution in [0.3, 0.4) is 0 Å². The van der Waals surface area contributed by atoms with Crippen LogP contribution in [0, 0.1) is 6.92 Å². The maximum Gasteiger partial charge on any atom is 0.573 e. The number of halogens is 9. The van der Waals surface area contributed by atoms with E-state index in [1.165, 1.54) is 47.1 Å². The van der Waals surface area contributed by atoms with Gasteiger partial charge in [-0.05, 0) is 140 Å². The topological polar surface area (TPSA) is 228 Å². The van der Waals surface area contributed by atoms with Crippen LogP contribution in [0.1, 0.15) is 71.8 Å². The summed E-state index contributed by atoms with van der Waals surface area (Å²) >= 11 is 14.8. The second-order valence-corrected chi connectivity index (χ2v) is 19.5. The number of fused-ring (bicyclic) bond motifs is 3. The standard InChI is InChI=1S/C19H19F3N4O2.C13H7ClF3N3O.C7H9BO2.C6H3BrClN3.C6H13NO.2CH4/c20-19(21,22)28-15-3-1-2-12(10-15)16-11-23-18-9-8-17(25-26(16)18)24-13-4-6-14(27)7-5-13;14-11-4-5-12-18-7-10(20(12)19-11)8-2-1-3-9(6-8)21-13(15,16)17;1-6-3-2-4-7(5-6)8(9)10;7-4-3-9-6-2-1-5(8)10-11(4)6;7-5-1-3-6(8)4-2-5;;/h1-3,8-11,13-14,27H,4-7H2,(H,24,25);1-7H;2-5,9-10H,1H3;1-3H;5-6,8H,1-4,7H2;2*1H4. The molecule has 17 nitrogen and oxygen atoms in total. The third kappa shape index (κ3) is 19.3. The first-order valence-electron chi connectivity index (χ1n) is 24.1. The highest BCUT2D eigenvalue weighted by Crippen LogP contribution is 2.31. The lowest BCUT2D eigenvalue weighted by atomic mass is 9.80. The normalized spacial score (nSPS) is 16.8. The summed E-state index contributed by atoms with van der Waals surface area (Å²) in [5.74, 6) is 0.0443. The van der Waals surface area contributed by atoms with E-state index in [0.717, 1.165) is 67.2 Å². The highest BCUT2D eigenvalue weighted by Gasteiger charge is 2.32. The second kappa shape index (κ2) is 29.2. The van der Waals surface area contributed by atoms with Crippen LogP contribution in [-0.2, 0) is 0 Å². The molecular weight excluding hydrogens is 1160 g/mol. The number of anilines is 1. The third-order valence-corrected chi connectivity index (χ3v) is 12.8. The Kier molecular flexibility index (Phi) is 23.5. The number of nitrogens with zero attached hydrogens (tertiary/aromatic N) is 9. The fraction of sp³-hybridized carbons (Fsp3) is 0.321. The van der Waals surface area contributed by atoms with Crippen LogP contribution in [0.5, 0.6) is 11.5 Å². The number of hydrogen-bond donors (Lipinski definition) is 6. The number of nitrogens with two attached hydrogens (primary N) is 1. The quantitative estimate of drug-likeness (QED) is 0.0645. The van der Waals surface area contributed by atoms with Crippen LogP contribution in [0.2, 0.25) is 10.3 Å². The van der Waals surface area contributed by atoms with Crippen LogP contribution in [-0.4, -0.2) is 108 Å². The van der Waals surface area contributed by atoms with Crippen molar-refractivity contribution >= 4 is 74.5 Å². The van der Waals surface area contributed by atoms with E-state index in [-0.39, 0.29) is 49.8 Å². The highest BCUT2D eigenvalue weighted by atomic mass is 79.9. The Hall–Kier alpha value is -6.58. The number of nitrogens with one attached hydrogen (secondary N) is 1. The highest BCUT2D eigenvalue weighted by molar-refractivity contribution is 9.10. The predicted molar refractivity (Wildman–Crippen MR) is 300 cm³/mol. The van der Waals surface area contributed by atoms with Gasteiger partial charge in [0.15, 0.2) is 16.9 Å². The van der Waals surface area contributed by atoms with Gasteiger partial charge in [0, 0.05) is 23.2 Å². The van der Waals surface area contributed by atoms with E-state index in [2.05, 4.69) is 61.0 Å². The van der Waals surface area contributed by atoms with Gasteiger partial charge in [-0.2, -0.15) is 10.2 Å². The Balaban J connectivity index is 0.000000198. The molecule has 6 aromatic heterocycles. The molecule has 2 aliphatic carbocycles. The molecular formula is C53H59BBrCl2F6N11O6. The second-order valence-electron chi connectivity index (χ2n) is 17.9. The predicted octanol–water partition coefficient (Wildman–Crippen LogP) is 11.3. The Morgan fingerprint density at radius 3 is 1.52 bits per heavy atom. The maximum absolute atomic E-state index is 12.5. The lowest BCUT2D eigenvalue weighted by Gasteiger charge is -2.26. The lowest BCUT2D eigenvalue weighted by Crippen LogP contribution is -2.29. The number of aromatic nitrogens is 9. The molecule has 2 saturated carbocycles. The number of ether oxygens (including phenoxy) is 2. The molecule has 11 rings (SSSR count). The molecule has 7 N–H and O–H groups in total. The summed E-state index contributed by atoms with van der Waals surface area (Å²) in [5.41, 5.74) is 11.1. The van der Waals surface area contributed by atoms with Gasteiger partial charge in [0.25, 0.3) is 0 Å². The number of aliphatic hydroxyl groups excluding tert-OH is 2. The Labute approximate surface area is 475 Å². The molecule has 0 atom stereocenters. The van der Waals surface area contributed by atoms with Crippen LogP contribution in [0.15, 0.2) is 132 Å². The largest absolute Gasteiger partial charge is 0.573 e. The average molecular weight is 1220 g/mol. The minimum atomic E-state index is -4.75. The molecule has 0 aliphatic heterocycles. The summed E-state index contributed by atoms with van der Waals surface area (Å²) in [5, 5.41) is 52.7. The fourth-order valence-electron chi connectivity index (χ4n) is 8.08. The van der Waals surface area contributed by atoms with Gasteiger partial charge in [0.2, 0.25) is 0 Å². The minimum Gasteiger partial charge on any atom is -0.423 e. The smallest absolute Gasteiger partial charge is 0.423 e. The lowest BCUT2D eigenvalue weighted by molar-refractivity contribution is -0.275. The van der Waals surface area contributed by atoms with Crippen molar-refractivity contribution in [3.8, 4) is 34.0 Å². The van der Waals surface area contributed by atoms with Gasteiger partial charge >= 0.3 is 19.8 Å². The average Bonchev–Trinajstić information content (AvgIpc) is 4.13. The first kappa shape index (κ1) is 64.2. The first-order valence-corrected chi connectivity index (χ1v) is 25.6. The SMILES string of the molecule is C.C.Cc1cccc(B(O)O)c1.Clc1ccc2ncc(Br)n2n1.FC(F)(F)Oc1cccc(-c2cnc3ccc(Cl)nn23)c1.NC1CCC(O)CC1.OC1CCC(Nc2ccc3ncc(-c4cccc(OC(F)(F)F)c4)n3n2)CC1. The fourth-order valence-corrected chi connectivity index (χ4v) is 8.73. The van der Waals surface area contributed by atoms with Crippen molar-refractivity contribution < 1.29 is 56.1 Å². The summed E-state index contributed by atoms with van der Waals surface area (Å²) in [6, 6.07) is 29.4. The molecule has 3 aromatic carbocycles. The molecule has 428 valence electrons.